The number of carbonyl (C=O) groups excluding carboxylic acids is 1. The molecule has 2 N–H and O–H groups in total. The minimum Gasteiger partial charge on any atom is -0.375 e. The number of hydrazone groups is 1. The fraction of sp³-hybridized carbons (Fsp3) is 0.190. The highest BCUT2D eigenvalue weighted by Crippen LogP contribution is 2.29. The van der Waals surface area contributed by atoms with Crippen LogP contribution in [0.15, 0.2) is 41.3 Å². The summed E-state index contributed by atoms with van der Waals surface area (Å²) in [7, 11) is 1.55. The summed E-state index contributed by atoms with van der Waals surface area (Å²) in [6, 6.07) is 2.67. The maximum Gasteiger partial charge on any atom is 0.323 e. The number of methoxy groups -OCH3 is 1. The number of anilines is 3. The molecule has 3 aromatic heterocycles. The predicted molar refractivity (Wildman–Crippen MR) is 128 cm³/mol. The van der Waals surface area contributed by atoms with Gasteiger partial charge in [0.1, 0.15) is 0 Å². The minimum atomic E-state index is -0.525. The Labute approximate surface area is 199 Å². The maximum absolute atomic E-state index is 12.7. The molecule has 10 nitrogen and oxygen atoms in total. The van der Waals surface area contributed by atoms with Crippen molar-refractivity contribution < 1.29 is 9.53 Å². The van der Waals surface area contributed by atoms with Gasteiger partial charge in [-0.2, -0.15) is 10.2 Å². The van der Waals surface area contributed by atoms with Crippen molar-refractivity contribution in [3.8, 4) is 12.3 Å². The summed E-state index contributed by atoms with van der Waals surface area (Å²) >= 11 is 12.4. The van der Waals surface area contributed by atoms with Gasteiger partial charge in [0.05, 0.1) is 53.3 Å². The van der Waals surface area contributed by atoms with Crippen LogP contribution < -0.4 is 15.6 Å². The van der Waals surface area contributed by atoms with Gasteiger partial charge < -0.3 is 15.4 Å². The van der Waals surface area contributed by atoms with Crippen molar-refractivity contribution in [2.75, 3.05) is 29.3 Å². The third-order valence-corrected chi connectivity index (χ3v) is 5.23. The highest BCUT2D eigenvalue weighted by molar-refractivity contribution is 6.33. The molecule has 0 radical (unpaired) electrons. The Morgan fingerprint density at radius 3 is 2.85 bits per heavy atom. The number of hydrogen-bond donors (Lipinski definition) is 2. The van der Waals surface area contributed by atoms with Crippen LogP contribution in [0.1, 0.15) is 18.7 Å². The second-order valence-electron chi connectivity index (χ2n) is 6.97. The third kappa shape index (κ3) is 4.75. The molecular weight excluding hydrogens is 467 g/mol. The summed E-state index contributed by atoms with van der Waals surface area (Å²) in [5, 5.41) is 16.1. The van der Waals surface area contributed by atoms with E-state index in [0.717, 1.165) is 5.57 Å². The number of nitrogens with one attached hydrogen (secondary N) is 2. The summed E-state index contributed by atoms with van der Waals surface area (Å²) in [4.78, 5) is 21.3. The Morgan fingerprint density at radius 1 is 1.30 bits per heavy atom. The van der Waals surface area contributed by atoms with Crippen LogP contribution in [-0.4, -0.2) is 45.5 Å². The first-order valence-corrected chi connectivity index (χ1v) is 10.4. The minimum absolute atomic E-state index is 0.277. The van der Waals surface area contributed by atoms with E-state index in [9.17, 15) is 4.79 Å². The first-order valence-electron chi connectivity index (χ1n) is 9.66. The number of nitrogens with zero attached hydrogens (tertiary/aromatic N) is 6. The molecule has 0 fully saturated rings. The number of halogens is 2. The number of amides is 2. The Hall–Kier alpha value is -3.65. The number of hydrogen-bond acceptors (Lipinski definition) is 7. The lowest BCUT2D eigenvalue weighted by molar-refractivity contribution is 0.114. The van der Waals surface area contributed by atoms with Crippen LogP contribution in [0.4, 0.5) is 22.0 Å². The molecule has 0 saturated carbocycles. The lowest BCUT2D eigenvalue weighted by Crippen LogP contribution is -2.22. The van der Waals surface area contributed by atoms with Gasteiger partial charge in [0.2, 0.25) is 0 Å². The van der Waals surface area contributed by atoms with E-state index < -0.39 is 12.1 Å². The number of aromatic nitrogens is 4. The predicted octanol–water partition coefficient (Wildman–Crippen LogP) is 4.15. The summed E-state index contributed by atoms with van der Waals surface area (Å²) < 4.78 is 6.96. The second kappa shape index (κ2) is 9.46. The average Bonchev–Trinajstić information content (AvgIpc) is 3.39. The SMILES string of the molecule is C#CC=C1C=NN(c2ncc(NC(=O)Nc3cnc4cc(Cl)nn4c3[C@H](C)OC)cc2Cl)C1. The number of allylic oxidation sites excluding steroid dienone is 1. The highest BCUT2D eigenvalue weighted by Gasteiger charge is 2.20. The van der Waals surface area contributed by atoms with Crippen molar-refractivity contribution in [2.45, 2.75) is 13.0 Å². The normalized spacial score (nSPS) is 15.1. The number of carbonyl (C=O) groups is 1. The van der Waals surface area contributed by atoms with Crippen molar-refractivity contribution in [3.05, 3.63) is 52.0 Å². The molecule has 1 atom stereocenters. The molecule has 0 bridgehead atoms. The lowest BCUT2D eigenvalue weighted by Gasteiger charge is -2.17. The number of ether oxygens (including phenoxy) is 1. The average molecular weight is 485 g/mol. The highest BCUT2D eigenvalue weighted by atomic mass is 35.5. The molecule has 0 aromatic carbocycles. The van der Waals surface area contributed by atoms with Crippen LogP contribution in [0.5, 0.6) is 0 Å². The molecule has 168 valence electrons. The lowest BCUT2D eigenvalue weighted by atomic mass is 10.2. The molecule has 0 saturated heterocycles. The Bertz CT molecular complexity index is 1330. The van der Waals surface area contributed by atoms with Crippen molar-refractivity contribution in [3.63, 3.8) is 0 Å². The van der Waals surface area contributed by atoms with Crippen LogP contribution in [0.3, 0.4) is 0 Å². The number of fused-ring (bicyclic) bond motifs is 1. The van der Waals surface area contributed by atoms with Crippen molar-refractivity contribution in [2.24, 2.45) is 5.10 Å². The molecule has 0 spiro atoms. The van der Waals surface area contributed by atoms with E-state index >= 15 is 0 Å². The molecule has 33 heavy (non-hydrogen) atoms. The second-order valence-corrected chi connectivity index (χ2v) is 7.76. The number of urea groups is 1. The van der Waals surface area contributed by atoms with Crippen LogP contribution in [0, 0.1) is 12.3 Å². The van der Waals surface area contributed by atoms with Gasteiger partial charge in [0, 0.05) is 18.7 Å². The van der Waals surface area contributed by atoms with Crippen molar-refractivity contribution >= 4 is 58.3 Å². The fourth-order valence-electron chi connectivity index (χ4n) is 3.21. The first-order chi connectivity index (χ1) is 15.9. The van der Waals surface area contributed by atoms with Gasteiger partial charge in [-0.1, -0.05) is 29.1 Å². The Morgan fingerprint density at radius 2 is 2.12 bits per heavy atom. The van der Waals surface area contributed by atoms with Gasteiger partial charge in [0.25, 0.3) is 0 Å². The monoisotopic (exact) mass is 484 g/mol. The van der Waals surface area contributed by atoms with E-state index in [1.54, 1.807) is 36.5 Å². The van der Waals surface area contributed by atoms with E-state index in [-0.39, 0.29) is 5.15 Å². The molecule has 0 aliphatic carbocycles. The fourth-order valence-corrected chi connectivity index (χ4v) is 3.65. The van der Waals surface area contributed by atoms with Crippen LogP contribution in [-0.2, 0) is 4.74 Å². The van der Waals surface area contributed by atoms with Crippen LogP contribution in [0.25, 0.3) is 5.65 Å². The van der Waals surface area contributed by atoms with E-state index in [2.05, 4.69) is 36.7 Å². The number of rotatable bonds is 5. The molecule has 4 heterocycles. The van der Waals surface area contributed by atoms with Gasteiger partial charge in [-0.3, -0.25) is 0 Å². The molecule has 1 aliphatic rings. The Kier molecular flexibility index (Phi) is 6.46. The number of pyridine rings is 1. The molecular formula is C21H18Cl2N8O2. The van der Waals surface area contributed by atoms with E-state index in [4.69, 9.17) is 34.4 Å². The van der Waals surface area contributed by atoms with Gasteiger partial charge in [0.15, 0.2) is 16.6 Å². The molecule has 12 heteroatoms. The van der Waals surface area contributed by atoms with Crippen LogP contribution >= 0.6 is 23.2 Å². The smallest absolute Gasteiger partial charge is 0.323 e. The van der Waals surface area contributed by atoms with Crippen LogP contribution in [0.2, 0.25) is 10.2 Å². The van der Waals surface area contributed by atoms with Gasteiger partial charge in [-0.05, 0) is 19.1 Å². The van der Waals surface area contributed by atoms with Crippen molar-refractivity contribution in [1.29, 1.82) is 0 Å². The largest absolute Gasteiger partial charge is 0.375 e. The summed E-state index contributed by atoms with van der Waals surface area (Å²) in [6.45, 7) is 2.28. The zero-order valence-electron chi connectivity index (χ0n) is 17.6. The summed E-state index contributed by atoms with van der Waals surface area (Å²) in [5.41, 5.74) is 2.77. The summed E-state index contributed by atoms with van der Waals surface area (Å²) in [5.74, 6) is 2.91. The van der Waals surface area contributed by atoms with Crippen molar-refractivity contribution in [1.82, 2.24) is 19.6 Å². The third-order valence-electron chi connectivity index (χ3n) is 4.77. The quantitative estimate of drug-likeness (QED) is 0.526. The summed E-state index contributed by atoms with van der Waals surface area (Å²) in [6.07, 6.45) is 11.2. The van der Waals surface area contributed by atoms with E-state index in [1.807, 2.05) is 6.92 Å². The molecule has 0 unspecified atom stereocenters. The molecule has 3 aromatic rings. The molecule has 1 aliphatic heterocycles. The molecule has 4 rings (SSSR count). The zero-order chi connectivity index (χ0) is 23.5. The number of terminal acetylenes is 1. The topological polar surface area (TPSA) is 109 Å². The standard InChI is InChI=1S/C21H18Cl2N8O2/c1-4-5-13-8-26-30(11-13)20-15(22)6-14(9-25-20)27-21(32)28-16-10-24-18-7-17(23)29-31(18)19(16)12(2)33-3/h1,5-10,12H,11H2,2-3H3,(H2,27,28,32)/t12-/m0/s1. The zero-order valence-corrected chi connectivity index (χ0v) is 19.1. The molecule has 2 amide bonds. The van der Waals surface area contributed by atoms with E-state index in [1.165, 1.54) is 16.9 Å². The van der Waals surface area contributed by atoms with Gasteiger partial charge >= 0.3 is 6.03 Å². The van der Waals surface area contributed by atoms with Gasteiger partial charge in [-0.15, -0.1) is 6.42 Å². The van der Waals surface area contributed by atoms with Gasteiger partial charge in [-0.25, -0.2) is 24.3 Å². The first kappa shape index (κ1) is 22.5. The maximum atomic E-state index is 12.7. The Balaban J connectivity index is 1.51. The van der Waals surface area contributed by atoms with E-state index in [0.29, 0.717) is 40.1 Å².